The number of halogens is 1. The summed E-state index contributed by atoms with van der Waals surface area (Å²) in [5.74, 6) is -0.886. The molecule has 0 fully saturated rings. The summed E-state index contributed by atoms with van der Waals surface area (Å²) < 4.78 is 4.69. The van der Waals surface area contributed by atoms with E-state index in [1.807, 2.05) is 24.4 Å². The number of fused-ring (bicyclic) bond motifs is 1. The van der Waals surface area contributed by atoms with Gasteiger partial charge in [0.25, 0.3) is 5.56 Å². The first-order chi connectivity index (χ1) is 14.9. The second-order valence-corrected chi connectivity index (χ2v) is 7.36. The molecule has 158 valence electrons. The van der Waals surface area contributed by atoms with Crippen molar-refractivity contribution in [2.24, 2.45) is 7.05 Å². The molecule has 2 amide bonds. The molecule has 0 aliphatic heterocycles. The van der Waals surface area contributed by atoms with Crippen LogP contribution in [0.15, 0.2) is 58.5 Å². The SMILES string of the molecule is Cn1nc(Br)c2c(=O)n(CC(=O)NCC(=O)Nc3ccc(-n4cccn4)cc3)cnc21. The third-order valence-electron chi connectivity index (χ3n) is 4.45. The van der Waals surface area contributed by atoms with Crippen molar-refractivity contribution >= 4 is 44.5 Å². The molecule has 3 aromatic heterocycles. The Bertz CT molecular complexity index is 1310. The molecular formula is C19H17BrN8O3. The number of aryl methyl sites for hydroxylation is 1. The number of hydrogen-bond donors (Lipinski definition) is 2. The highest BCUT2D eigenvalue weighted by Gasteiger charge is 2.15. The maximum Gasteiger partial charge on any atom is 0.266 e. The van der Waals surface area contributed by atoms with E-state index in [-0.39, 0.29) is 18.5 Å². The lowest BCUT2D eigenvalue weighted by molar-refractivity contribution is -0.124. The molecule has 0 saturated heterocycles. The minimum absolute atomic E-state index is 0.235. The number of amides is 2. The average Bonchev–Trinajstić information content (AvgIpc) is 3.38. The van der Waals surface area contributed by atoms with Crippen LogP contribution in [0.2, 0.25) is 0 Å². The van der Waals surface area contributed by atoms with E-state index in [1.54, 1.807) is 30.1 Å². The summed E-state index contributed by atoms with van der Waals surface area (Å²) in [6.45, 7) is -0.504. The lowest BCUT2D eigenvalue weighted by Crippen LogP contribution is -2.37. The zero-order chi connectivity index (χ0) is 22.0. The lowest BCUT2D eigenvalue weighted by atomic mass is 10.3. The van der Waals surface area contributed by atoms with Gasteiger partial charge in [-0.25, -0.2) is 14.3 Å². The zero-order valence-electron chi connectivity index (χ0n) is 16.3. The fourth-order valence-electron chi connectivity index (χ4n) is 2.96. The Morgan fingerprint density at radius 2 is 1.94 bits per heavy atom. The molecule has 1 aromatic carbocycles. The molecule has 12 heteroatoms. The van der Waals surface area contributed by atoms with Gasteiger partial charge in [-0.05, 0) is 46.3 Å². The van der Waals surface area contributed by atoms with Crippen molar-refractivity contribution in [3.63, 3.8) is 0 Å². The molecule has 2 N–H and O–H groups in total. The van der Waals surface area contributed by atoms with Crippen LogP contribution in [0, 0.1) is 0 Å². The average molecular weight is 485 g/mol. The number of anilines is 1. The molecule has 4 aromatic rings. The molecule has 31 heavy (non-hydrogen) atoms. The van der Waals surface area contributed by atoms with Crippen LogP contribution in [0.1, 0.15) is 0 Å². The topological polar surface area (TPSA) is 129 Å². The summed E-state index contributed by atoms with van der Waals surface area (Å²) in [5, 5.41) is 13.7. The molecule has 0 aliphatic rings. The van der Waals surface area contributed by atoms with Gasteiger partial charge in [-0.2, -0.15) is 10.2 Å². The van der Waals surface area contributed by atoms with E-state index in [2.05, 4.69) is 41.7 Å². The van der Waals surface area contributed by atoms with Crippen molar-refractivity contribution in [2.45, 2.75) is 6.54 Å². The Kier molecular flexibility index (Phi) is 5.62. The van der Waals surface area contributed by atoms with Crippen molar-refractivity contribution in [2.75, 3.05) is 11.9 Å². The Morgan fingerprint density at radius 3 is 2.65 bits per heavy atom. The van der Waals surface area contributed by atoms with E-state index >= 15 is 0 Å². The fraction of sp³-hybridized carbons (Fsp3) is 0.158. The Hall–Kier alpha value is -3.80. The van der Waals surface area contributed by atoms with E-state index in [4.69, 9.17) is 0 Å². The third-order valence-corrected chi connectivity index (χ3v) is 5.00. The van der Waals surface area contributed by atoms with Gasteiger partial charge in [0.1, 0.15) is 22.9 Å². The van der Waals surface area contributed by atoms with Crippen molar-refractivity contribution in [1.29, 1.82) is 0 Å². The first kappa shape index (κ1) is 20.5. The normalized spacial score (nSPS) is 10.9. The predicted octanol–water partition coefficient (Wildman–Crippen LogP) is 0.833. The highest BCUT2D eigenvalue weighted by Crippen LogP contribution is 2.16. The molecular weight excluding hydrogens is 468 g/mol. The maximum atomic E-state index is 12.6. The van der Waals surface area contributed by atoms with Gasteiger partial charge in [-0.3, -0.25) is 19.0 Å². The minimum Gasteiger partial charge on any atom is -0.345 e. The Balaban J connectivity index is 1.33. The van der Waals surface area contributed by atoms with Crippen molar-refractivity contribution in [3.8, 4) is 5.69 Å². The van der Waals surface area contributed by atoms with Crippen LogP contribution in [-0.4, -0.2) is 47.5 Å². The van der Waals surface area contributed by atoms with E-state index in [0.29, 0.717) is 15.9 Å². The van der Waals surface area contributed by atoms with Crippen LogP contribution in [0.25, 0.3) is 16.7 Å². The number of nitrogens with one attached hydrogen (secondary N) is 2. The zero-order valence-corrected chi connectivity index (χ0v) is 17.9. The smallest absolute Gasteiger partial charge is 0.266 e. The molecule has 0 unspecified atom stereocenters. The highest BCUT2D eigenvalue weighted by molar-refractivity contribution is 9.10. The Labute approximate surface area is 183 Å². The second-order valence-electron chi connectivity index (χ2n) is 6.61. The molecule has 0 spiro atoms. The lowest BCUT2D eigenvalue weighted by Gasteiger charge is -2.09. The molecule has 0 saturated carbocycles. The van der Waals surface area contributed by atoms with Gasteiger partial charge in [0, 0.05) is 25.1 Å². The molecule has 3 heterocycles. The fourth-order valence-corrected chi connectivity index (χ4v) is 3.55. The quantitative estimate of drug-likeness (QED) is 0.417. The number of benzene rings is 1. The predicted molar refractivity (Wildman–Crippen MR) is 116 cm³/mol. The molecule has 11 nitrogen and oxygen atoms in total. The van der Waals surface area contributed by atoms with Crippen LogP contribution < -0.4 is 16.2 Å². The molecule has 0 aliphatic carbocycles. The van der Waals surface area contributed by atoms with E-state index in [0.717, 1.165) is 10.3 Å². The largest absolute Gasteiger partial charge is 0.345 e. The number of carbonyl (C=O) groups is 2. The summed E-state index contributed by atoms with van der Waals surface area (Å²) in [6.07, 6.45) is 4.77. The van der Waals surface area contributed by atoms with Gasteiger partial charge in [-0.1, -0.05) is 0 Å². The van der Waals surface area contributed by atoms with Crippen LogP contribution in [0.4, 0.5) is 5.69 Å². The minimum atomic E-state index is -0.493. The number of hydrogen-bond acceptors (Lipinski definition) is 6. The van der Waals surface area contributed by atoms with Gasteiger partial charge in [0.15, 0.2) is 5.65 Å². The number of aromatic nitrogens is 6. The number of nitrogens with zero attached hydrogens (tertiary/aromatic N) is 6. The standard InChI is InChI=1S/C19H17BrN8O3/c1-26-18-16(17(20)25-26)19(31)27(11-22-18)10-15(30)21-9-14(29)24-12-3-5-13(6-4-12)28-8-2-7-23-28/h2-8,11H,9-10H2,1H3,(H,21,30)(H,24,29). The first-order valence-corrected chi connectivity index (χ1v) is 9.96. The maximum absolute atomic E-state index is 12.6. The van der Waals surface area contributed by atoms with E-state index in [9.17, 15) is 14.4 Å². The van der Waals surface area contributed by atoms with Crippen LogP contribution >= 0.6 is 15.9 Å². The van der Waals surface area contributed by atoms with Crippen LogP contribution in [0.5, 0.6) is 0 Å². The Morgan fingerprint density at radius 1 is 1.16 bits per heavy atom. The summed E-state index contributed by atoms with van der Waals surface area (Å²) in [7, 11) is 1.67. The van der Waals surface area contributed by atoms with Gasteiger partial charge < -0.3 is 10.6 Å². The van der Waals surface area contributed by atoms with Gasteiger partial charge in [0.2, 0.25) is 11.8 Å². The van der Waals surface area contributed by atoms with Gasteiger partial charge in [-0.15, -0.1) is 0 Å². The molecule has 4 rings (SSSR count). The van der Waals surface area contributed by atoms with Crippen LogP contribution in [-0.2, 0) is 23.2 Å². The molecule has 0 bridgehead atoms. The van der Waals surface area contributed by atoms with Crippen molar-refractivity contribution < 1.29 is 9.59 Å². The molecule has 0 atom stereocenters. The van der Waals surface area contributed by atoms with Crippen LogP contribution in [0.3, 0.4) is 0 Å². The van der Waals surface area contributed by atoms with Gasteiger partial charge in [0.05, 0.1) is 12.2 Å². The second kappa shape index (κ2) is 8.52. The monoisotopic (exact) mass is 484 g/mol. The van der Waals surface area contributed by atoms with Crippen molar-refractivity contribution in [1.82, 2.24) is 34.4 Å². The summed E-state index contributed by atoms with van der Waals surface area (Å²) in [6, 6.07) is 8.92. The summed E-state index contributed by atoms with van der Waals surface area (Å²) in [5.41, 5.74) is 1.45. The van der Waals surface area contributed by atoms with E-state index < -0.39 is 17.4 Å². The number of carbonyl (C=O) groups excluding carboxylic acids is 2. The first-order valence-electron chi connectivity index (χ1n) is 9.16. The van der Waals surface area contributed by atoms with Crippen molar-refractivity contribution in [3.05, 3.63) is 64.0 Å². The summed E-state index contributed by atoms with van der Waals surface area (Å²) >= 11 is 3.22. The highest BCUT2D eigenvalue weighted by atomic mass is 79.9. The molecule has 0 radical (unpaired) electrons. The summed E-state index contributed by atoms with van der Waals surface area (Å²) in [4.78, 5) is 41.1. The third kappa shape index (κ3) is 4.38. The number of rotatable bonds is 6. The van der Waals surface area contributed by atoms with E-state index in [1.165, 1.54) is 11.0 Å². The van der Waals surface area contributed by atoms with Gasteiger partial charge >= 0.3 is 0 Å².